The maximum absolute atomic E-state index is 12.3. The molecule has 0 heterocycles. The minimum absolute atomic E-state index is 0.295. The summed E-state index contributed by atoms with van der Waals surface area (Å²) in [6, 6.07) is 14.3. The number of aryl methyl sites for hydroxylation is 1. The van der Waals surface area contributed by atoms with E-state index in [0.29, 0.717) is 17.0 Å². The molecule has 24 heavy (non-hydrogen) atoms. The van der Waals surface area contributed by atoms with Gasteiger partial charge in [0.1, 0.15) is 5.75 Å². The topological polar surface area (TPSA) is 75.6 Å². The van der Waals surface area contributed by atoms with Crippen molar-refractivity contribution in [2.24, 2.45) is 0 Å². The zero-order valence-corrected chi connectivity index (χ0v) is 13.9. The summed E-state index contributed by atoms with van der Waals surface area (Å²) in [5.41, 5.74) is 2.23. The summed E-state index contributed by atoms with van der Waals surface area (Å²) in [5.74, 6) is -1.21. The van der Waals surface area contributed by atoms with E-state index in [2.05, 4.69) is 5.32 Å². The van der Waals surface area contributed by atoms with Gasteiger partial charge in [-0.25, -0.2) is 0 Å². The van der Waals surface area contributed by atoms with E-state index >= 15 is 0 Å². The van der Waals surface area contributed by atoms with Crippen molar-refractivity contribution in [3.05, 3.63) is 59.7 Å². The van der Waals surface area contributed by atoms with Crippen molar-refractivity contribution in [2.45, 2.75) is 32.8 Å². The molecule has 1 amide bonds. The number of carbonyl (C=O) groups is 2. The second-order valence-corrected chi connectivity index (χ2v) is 5.75. The van der Waals surface area contributed by atoms with Gasteiger partial charge in [0.25, 0.3) is 5.91 Å². The highest BCUT2D eigenvalue weighted by Crippen LogP contribution is 2.20. The predicted molar refractivity (Wildman–Crippen MR) is 92.4 cm³/mol. The Labute approximate surface area is 141 Å². The summed E-state index contributed by atoms with van der Waals surface area (Å²) < 4.78 is 5.64. The molecule has 2 aromatic carbocycles. The minimum Gasteiger partial charge on any atom is -0.481 e. The van der Waals surface area contributed by atoms with Crippen molar-refractivity contribution in [2.75, 3.05) is 5.32 Å². The Morgan fingerprint density at radius 3 is 2.46 bits per heavy atom. The highest BCUT2D eigenvalue weighted by Gasteiger charge is 2.17. The Morgan fingerprint density at radius 2 is 1.79 bits per heavy atom. The summed E-state index contributed by atoms with van der Waals surface area (Å²) in [4.78, 5) is 23.3. The number of ether oxygens (including phenoxy) is 1. The van der Waals surface area contributed by atoms with Crippen LogP contribution in [0.25, 0.3) is 0 Å². The lowest BCUT2D eigenvalue weighted by molar-refractivity contribution is -0.138. The standard InChI is InChI=1S/C19H21NO4/c1-12-6-4-9-17(10-12)24-14(3)18(21)20-16-8-5-7-15(11-16)13(2)19(22)23/h4-11,13-14H,1-3H3,(H,20,21)(H,22,23). The first-order chi connectivity index (χ1) is 11.4. The van der Waals surface area contributed by atoms with Crippen LogP contribution in [-0.2, 0) is 9.59 Å². The van der Waals surface area contributed by atoms with E-state index in [9.17, 15) is 9.59 Å². The van der Waals surface area contributed by atoms with E-state index in [1.165, 1.54) is 0 Å². The average Bonchev–Trinajstić information content (AvgIpc) is 2.54. The molecule has 0 radical (unpaired) electrons. The van der Waals surface area contributed by atoms with Gasteiger partial charge in [-0.1, -0.05) is 24.3 Å². The Kier molecular flexibility index (Phi) is 5.58. The lowest BCUT2D eigenvalue weighted by Crippen LogP contribution is -2.30. The van der Waals surface area contributed by atoms with Crippen LogP contribution in [0.5, 0.6) is 5.75 Å². The fraction of sp³-hybridized carbons (Fsp3) is 0.263. The number of carboxylic acid groups (broad SMARTS) is 1. The SMILES string of the molecule is Cc1cccc(OC(C)C(=O)Nc2cccc(C(C)C(=O)O)c2)c1. The van der Waals surface area contributed by atoms with Crippen LogP contribution in [0.3, 0.4) is 0 Å². The monoisotopic (exact) mass is 327 g/mol. The maximum Gasteiger partial charge on any atom is 0.310 e. The number of nitrogens with one attached hydrogen (secondary N) is 1. The molecule has 2 N–H and O–H groups in total. The van der Waals surface area contributed by atoms with Crippen molar-refractivity contribution in [3.63, 3.8) is 0 Å². The molecular formula is C19H21NO4. The van der Waals surface area contributed by atoms with Crippen LogP contribution in [0.2, 0.25) is 0 Å². The van der Waals surface area contributed by atoms with E-state index in [1.807, 2.05) is 25.1 Å². The first-order valence-corrected chi connectivity index (χ1v) is 7.74. The fourth-order valence-electron chi connectivity index (χ4n) is 2.22. The fourth-order valence-corrected chi connectivity index (χ4v) is 2.22. The van der Waals surface area contributed by atoms with E-state index < -0.39 is 18.0 Å². The third-order valence-corrected chi connectivity index (χ3v) is 3.70. The van der Waals surface area contributed by atoms with E-state index in [-0.39, 0.29) is 5.91 Å². The number of anilines is 1. The molecule has 2 rings (SSSR count). The van der Waals surface area contributed by atoms with Gasteiger partial charge in [-0.15, -0.1) is 0 Å². The molecule has 0 aliphatic heterocycles. The van der Waals surface area contributed by atoms with Gasteiger partial charge < -0.3 is 15.2 Å². The number of aliphatic carboxylic acids is 1. The van der Waals surface area contributed by atoms with Crippen molar-refractivity contribution < 1.29 is 19.4 Å². The van der Waals surface area contributed by atoms with Gasteiger partial charge in [0.15, 0.2) is 6.10 Å². The molecule has 0 aromatic heterocycles. The lowest BCUT2D eigenvalue weighted by Gasteiger charge is -2.16. The molecule has 0 fully saturated rings. The Balaban J connectivity index is 2.03. The molecule has 126 valence electrons. The molecule has 0 saturated carbocycles. The van der Waals surface area contributed by atoms with Crippen molar-refractivity contribution in [1.29, 1.82) is 0 Å². The third-order valence-electron chi connectivity index (χ3n) is 3.70. The number of hydrogen-bond acceptors (Lipinski definition) is 3. The minimum atomic E-state index is -0.908. The molecule has 0 saturated heterocycles. The van der Waals surface area contributed by atoms with Crippen molar-refractivity contribution in [3.8, 4) is 5.75 Å². The van der Waals surface area contributed by atoms with Gasteiger partial charge in [0.05, 0.1) is 5.92 Å². The van der Waals surface area contributed by atoms with Crippen molar-refractivity contribution in [1.82, 2.24) is 0 Å². The Hall–Kier alpha value is -2.82. The first-order valence-electron chi connectivity index (χ1n) is 7.74. The number of carbonyl (C=O) groups excluding carboxylic acids is 1. The highest BCUT2D eigenvalue weighted by molar-refractivity contribution is 5.94. The summed E-state index contributed by atoms with van der Waals surface area (Å²) in [6.45, 7) is 5.22. The Morgan fingerprint density at radius 1 is 1.08 bits per heavy atom. The molecule has 2 atom stereocenters. The summed E-state index contributed by atoms with van der Waals surface area (Å²) in [7, 11) is 0. The first kappa shape index (κ1) is 17.5. The van der Waals surface area contributed by atoms with Crippen LogP contribution in [0.4, 0.5) is 5.69 Å². The average molecular weight is 327 g/mol. The third kappa shape index (κ3) is 4.59. The van der Waals surface area contributed by atoms with Crippen molar-refractivity contribution >= 4 is 17.6 Å². The molecule has 0 aliphatic carbocycles. The number of benzene rings is 2. The molecule has 0 spiro atoms. The normalized spacial score (nSPS) is 13.0. The number of rotatable bonds is 6. The molecule has 2 aromatic rings. The Bertz CT molecular complexity index is 742. The van der Waals surface area contributed by atoms with Crippen LogP contribution >= 0.6 is 0 Å². The number of amides is 1. The smallest absolute Gasteiger partial charge is 0.310 e. The number of hydrogen-bond donors (Lipinski definition) is 2. The van der Waals surface area contributed by atoms with Gasteiger partial charge in [0, 0.05) is 5.69 Å². The summed E-state index contributed by atoms with van der Waals surface area (Å²) in [6.07, 6.45) is -0.674. The quantitative estimate of drug-likeness (QED) is 0.850. The highest BCUT2D eigenvalue weighted by atomic mass is 16.5. The molecule has 5 heteroatoms. The van der Waals surface area contributed by atoms with Crippen LogP contribution in [0, 0.1) is 6.92 Å². The molecule has 0 aliphatic rings. The lowest BCUT2D eigenvalue weighted by atomic mass is 10.0. The number of carboxylic acids is 1. The zero-order valence-electron chi connectivity index (χ0n) is 13.9. The van der Waals surface area contributed by atoms with Crippen LogP contribution in [0.15, 0.2) is 48.5 Å². The van der Waals surface area contributed by atoms with E-state index in [1.54, 1.807) is 44.2 Å². The van der Waals surface area contributed by atoms with Gasteiger partial charge in [0.2, 0.25) is 0 Å². The largest absolute Gasteiger partial charge is 0.481 e. The molecular weight excluding hydrogens is 306 g/mol. The van der Waals surface area contributed by atoms with Gasteiger partial charge in [-0.3, -0.25) is 9.59 Å². The predicted octanol–water partition coefficient (Wildman–Crippen LogP) is 3.59. The zero-order chi connectivity index (χ0) is 17.7. The van der Waals surface area contributed by atoms with Crippen LogP contribution in [0.1, 0.15) is 30.9 Å². The summed E-state index contributed by atoms with van der Waals surface area (Å²) in [5, 5.41) is 11.8. The molecule has 0 bridgehead atoms. The van der Waals surface area contributed by atoms with Gasteiger partial charge in [-0.05, 0) is 56.2 Å². The molecule has 2 unspecified atom stereocenters. The van der Waals surface area contributed by atoms with E-state index in [0.717, 1.165) is 5.56 Å². The van der Waals surface area contributed by atoms with E-state index in [4.69, 9.17) is 9.84 Å². The molecule has 5 nitrogen and oxygen atoms in total. The second kappa shape index (κ2) is 7.64. The van der Waals surface area contributed by atoms with Gasteiger partial charge >= 0.3 is 5.97 Å². The van der Waals surface area contributed by atoms with Gasteiger partial charge in [-0.2, -0.15) is 0 Å². The second-order valence-electron chi connectivity index (χ2n) is 5.75. The van der Waals surface area contributed by atoms with Crippen LogP contribution < -0.4 is 10.1 Å². The maximum atomic E-state index is 12.3. The summed E-state index contributed by atoms with van der Waals surface area (Å²) >= 11 is 0. The van der Waals surface area contributed by atoms with Crippen LogP contribution in [-0.4, -0.2) is 23.1 Å².